The molecule has 26 heavy (non-hydrogen) atoms. The molecule has 0 heterocycles. The maximum absolute atomic E-state index is 6.29. The zero-order chi connectivity index (χ0) is 17.9. The Balaban J connectivity index is 1.98. The Morgan fingerprint density at radius 2 is 1.19 bits per heavy atom. The van der Waals surface area contributed by atoms with E-state index in [-0.39, 0.29) is 5.60 Å². The lowest BCUT2D eigenvalue weighted by Crippen LogP contribution is -2.29. The molecule has 5 aromatic rings. The van der Waals surface area contributed by atoms with Gasteiger partial charge in [0.25, 0.3) is 0 Å². The Bertz CT molecular complexity index is 1260. The summed E-state index contributed by atoms with van der Waals surface area (Å²) in [6, 6.07) is 24.6. The van der Waals surface area contributed by atoms with Crippen LogP contribution in [-0.4, -0.2) is 15.4 Å². The summed E-state index contributed by atoms with van der Waals surface area (Å²) in [5.74, 6) is 0. The fourth-order valence-electron chi connectivity index (χ4n) is 4.14. The van der Waals surface area contributed by atoms with Gasteiger partial charge in [0.1, 0.15) is 0 Å². The Morgan fingerprint density at radius 3 is 1.85 bits per heavy atom. The van der Waals surface area contributed by atoms with Crippen molar-refractivity contribution in [3.63, 3.8) is 0 Å². The minimum atomic E-state index is -0.820. The zero-order valence-corrected chi connectivity index (χ0v) is 16.9. The second-order valence-corrected chi connectivity index (χ2v) is 9.45. The van der Waals surface area contributed by atoms with Crippen molar-refractivity contribution in [3.05, 3.63) is 66.7 Å². The van der Waals surface area contributed by atoms with Crippen LogP contribution < -0.4 is 5.19 Å². The summed E-state index contributed by atoms with van der Waals surface area (Å²) >= 11 is 0. The molecule has 2 heteroatoms. The third-order valence-electron chi connectivity index (χ3n) is 5.26. The van der Waals surface area contributed by atoms with Crippen LogP contribution in [0.15, 0.2) is 66.7 Å². The van der Waals surface area contributed by atoms with Gasteiger partial charge in [0, 0.05) is 5.60 Å². The minimum Gasteiger partial charge on any atom is -0.414 e. The Kier molecular flexibility index (Phi) is 3.36. The Hall–Kier alpha value is -2.42. The van der Waals surface area contributed by atoms with Crippen molar-refractivity contribution in [2.45, 2.75) is 26.4 Å². The molecule has 5 rings (SSSR count). The van der Waals surface area contributed by atoms with Gasteiger partial charge in [-0.15, -0.1) is 0 Å². The average molecular weight is 355 g/mol. The summed E-state index contributed by atoms with van der Waals surface area (Å²) in [6.45, 7) is 6.44. The van der Waals surface area contributed by atoms with Crippen LogP contribution in [0.2, 0.25) is 0 Å². The molecular formula is C24H22OSi. The van der Waals surface area contributed by atoms with Crippen LogP contribution in [0.5, 0.6) is 0 Å². The van der Waals surface area contributed by atoms with Crippen molar-refractivity contribution < 1.29 is 4.43 Å². The summed E-state index contributed by atoms with van der Waals surface area (Å²) in [6.07, 6.45) is 0. The standard InChI is InChI=1S/C24H22OSi/c1-24(2,3)25-26-20-14-13-16-9-5-11-18-17-10-4-7-15-8-6-12-19(21(15)17)23(20)22(16)18/h4-14H,26H2,1-3H3. The number of rotatable bonds is 2. The molecule has 0 fully saturated rings. The van der Waals surface area contributed by atoms with Gasteiger partial charge in [-0.05, 0) is 69.0 Å². The predicted octanol–water partition coefficient (Wildman–Crippen LogP) is 5.26. The Labute approximate surface area is 155 Å². The highest BCUT2D eigenvalue weighted by molar-refractivity contribution is 6.55. The second-order valence-electron chi connectivity index (χ2n) is 8.11. The molecule has 0 N–H and O–H groups in total. The van der Waals surface area contributed by atoms with Crippen molar-refractivity contribution >= 4 is 58.0 Å². The molecule has 0 amide bonds. The maximum Gasteiger partial charge on any atom is 0.193 e. The molecule has 5 aromatic carbocycles. The van der Waals surface area contributed by atoms with Crippen molar-refractivity contribution in [1.29, 1.82) is 0 Å². The third kappa shape index (κ3) is 2.33. The quantitative estimate of drug-likeness (QED) is 0.239. The molecule has 0 atom stereocenters. The van der Waals surface area contributed by atoms with Crippen LogP contribution >= 0.6 is 0 Å². The highest BCUT2D eigenvalue weighted by Gasteiger charge is 2.17. The fraction of sp³-hybridized carbons (Fsp3) is 0.167. The summed E-state index contributed by atoms with van der Waals surface area (Å²) in [7, 11) is -0.820. The Morgan fingerprint density at radius 1 is 0.615 bits per heavy atom. The van der Waals surface area contributed by atoms with Crippen molar-refractivity contribution in [1.82, 2.24) is 0 Å². The first-order valence-corrected chi connectivity index (χ1v) is 10.5. The van der Waals surface area contributed by atoms with E-state index in [1.165, 1.54) is 48.3 Å². The fourth-order valence-corrected chi connectivity index (χ4v) is 5.46. The van der Waals surface area contributed by atoms with Gasteiger partial charge in [0.15, 0.2) is 9.76 Å². The molecular weight excluding hydrogens is 332 g/mol. The summed E-state index contributed by atoms with van der Waals surface area (Å²) in [5, 5.41) is 12.3. The van der Waals surface area contributed by atoms with Crippen molar-refractivity contribution in [2.75, 3.05) is 0 Å². The van der Waals surface area contributed by atoms with Gasteiger partial charge in [-0.3, -0.25) is 0 Å². The normalized spacial score (nSPS) is 13.2. The van der Waals surface area contributed by atoms with E-state index in [0.29, 0.717) is 0 Å². The van der Waals surface area contributed by atoms with Gasteiger partial charge in [-0.2, -0.15) is 0 Å². The molecule has 0 saturated carbocycles. The molecule has 0 aliphatic heterocycles. The first kappa shape index (κ1) is 15.8. The van der Waals surface area contributed by atoms with E-state index in [4.69, 9.17) is 4.43 Å². The van der Waals surface area contributed by atoms with Crippen LogP contribution in [0, 0.1) is 0 Å². The van der Waals surface area contributed by atoms with Crippen LogP contribution in [-0.2, 0) is 4.43 Å². The van der Waals surface area contributed by atoms with Crippen molar-refractivity contribution in [2.24, 2.45) is 0 Å². The maximum atomic E-state index is 6.29. The largest absolute Gasteiger partial charge is 0.414 e. The lowest BCUT2D eigenvalue weighted by atomic mass is 9.90. The smallest absolute Gasteiger partial charge is 0.193 e. The van der Waals surface area contributed by atoms with Gasteiger partial charge in [0.05, 0.1) is 0 Å². The van der Waals surface area contributed by atoms with Crippen molar-refractivity contribution in [3.8, 4) is 0 Å². The van der Waals surface area contributed by atoms with E-state index < -0.39 is 9.76 Å². The van der Waals surface area contributed by atoms with Crippen LogP contribution in [0.25, 0.3) is 43.1 Å². The molecule has 1 nitrogen and oxygen atoms in total. The first-order valence-electron chi connectivity index (χ1n) is 9.24. The molecule has 0 unspecified atom stereocenters. The number of hydrogen-bond acceptors (Lipinski definition) is 1. The lowest BCUT2D eigenvalue weighted by Gasteiger charge is -2.22. The molecule has 0 aliphatic carbocycles. The number of fused-ring (bicyclic) bond motifs is 2. The van der Waals surface area contributed by atoms with E-state index in [1.807, 2.05) is 0 Å². The first-order chi connectivity index (χ1) is 12.5. The van der Waals surface area contributed by atoms with Gasteiger partial charge in [-0.25, -0.2) is 0 Å². The molecule has 0 saturated heterocycles. The van der Waals surface area contributed by atoms with Gasteiger partial charge in [-0.1, -0.05) is 66.7 Å². The molecule has 0 aromatic heterocycles. The summed E-state index contributed by atoms with van der Waals surface area (Å²) < 4.78 is 6.29. The lowest BCUT2D eigenvalue weighted by molar-refractivity contribution is 0.142. The van der Waals surface area contributed by atoms with E-state index in [9.17, 15) is 0 Å². The molecule has 0 aliphatic rings. The number of benzene rings is 5. The zero-order valence-electron chi connectivity index (χ0n) is 15.5. The van der Waals surface area contributed by atoms with E-state index in [1.54, 1.807) is 0 Å². The van der Waals surface area contributed by atoms with E-state index in [0.717, 1.165) is 0 Å². The van der Waals surface area contributed by atoms with Gasteiger partial charge in [0.2, 0.25) is 0 Å². The minimum absolute atomic E-state index is 0.0913. The summed E-state index contributed by atoms with van der Waals surface area (Å²) in [5.41, 5.74) is -0.0913. The predicted molar refractivity (Wildman–Crippen MR) is 117 cm³/mol. The van der Waals surface area contributed by atoms with Crippen LogP contribution in [0.4, 0.5) is 0 Å². The molecule has 0 radical (unpaired) electrons. The highest BCUT2D eigenvalue weighted by Crippen LogP contribution is 2.39. The van der Waals surface area contributed by atoms with Crippen LogP contribution in [0.1, 0.15) is 20.8 Å². The average Bonchev–Trinajstić information content (AvgIpc) is 2.63. The molecule has 128 valence electrons. The second kappa shape index (κ2) is 5.54. The van der Waals surface area contributed by atoms with Gasteiger partial charge < -0.3 is 4.43 Å². The van der Waals surface area contributed by atoms with E-state index in [2.05, 4.69) is 87.5 Å². The monoisotopic (exact) mass is 354 g/mol. The molecule has 0 spiro atoms. The molecule has 0 bridgehead atoms. The third-order valence-corrected chi connectivity index (χ3v) is 7.17. The van der Waals surface area contributed by atoms with E-state index >= 15 is 0 Å². The SMILES string of the molecule is CC(C)(C)O[SiH2]c1ccc2cccc3c4cccc5cccc(c1c23)c54. The van der Waals surface area contributed by atoms with Crippen LogP contribution in [0.3, 0.4) is 0 Å². The topological polar surface area (TPSA) is 9.23 Å². The summed E-state index contributed by atoms with van der Waals surface area (Å²) in [4.78, 5) is 0. The highest BCUT2D eigenvalue weighted by atomic mass is 28.2. The number of hydrogen-bond donors (Lipinski definition) is 0. The van der Waals surface area contributed by atoms with Gasteiger partial charge >= 0.3 is 0 Å².